The minimum atomic E-state index is 0.127. The SMILES string of the molecule is CO[C@H]1C[C@@H]2CN(C(=O)NC3CC3)C[C@@H]2C[C@@H]1n1cc(C)cn1. The van der Waals surface area contributed by atoms with Crippen LogP contribution in [0.2, 0.25) is 0 Å². The predicted octanol–water partition coefficient (Wildman–Crippen LogP) is 1.96. The van der Waals surface area contributed by atoms with E-state index < -0.39 is 0 Å². The van der Waals surface area contributed by atoms with E-state index in [1.807, 2.05) is 11.1 Å². The third-order valence-corrected chi connectivity index (χ3v) is 5.65. The monoisotopic (exact) mass is 318 g/mol. The van der Waals surface area contributed by atoms with Crippen molar-refractivity contribution in [3.63, 3.8) is 0 Å². The molecule has 0 bridgehead atoms. The maximum Gasteiger partial charge on any atom is 0.317 e. The third kappa shape index (κ3) is 2.96. The van der Waals surface area contributed by atoms with Crippen molar-refractivity contribution in [3.05, 3.63) is 18.0 Å². The number of ether oxygens (including phenoxy) is 1. The molecule has 4 rings (SSSR count). The maximum absolute atomic E-state index is 12.3. The molecule has 6 heteroatoms. The molecule has 2 heterocycles. The zero-order valence-corrected chi connectivity index (χ0v) is 13.9. The number of urea groups is 1. The van der Waals surface area contributed by atoms with Crippen molar-refractivity contribution < 1.29 is 9.53 Å². The van der Waals surface area contributed by atoms with E-state index in [2.05, 4.69) is 28.2 Å². The molecule has 4 atom stereocenters. The summed E-state index contributed by atoms with van der Waals surface area (Å²) in [4.78, 5) is 14.3. The van der Waals surface area contributed by atoms with Gasteiger partial charge in [-0.3, -0.25) is 4.68 Å². The first-order chi connectivity index (χ1) is 11.1. The number of hydrogen-bond donors (Lipinski definition) is 1. The molecule has 2 aliphatic carbocycles. The number of carbonyl (C=O) groups is 1. The maximum atomic E-state index is 12.3. The second kappa shape index (κ2) is 5.82. The van der Waals surface area contributed by atoms with Crippen LogP contribution in [0.15, 0.2) is 12.4 Å². The highest BCUT2D eigenvalue weighted by atomic mass is 16.5. The molecule has 2 amide bonds. The number of amides is 2. The molecule has 0 radical (unpaired) electrons. The van der Waals surface area contributed by atoms with Crippen molar-refractivity contribution in [1.29, 1.82) is 0 Å². The first-order valence-electron chi connectivity index (χ1n) is 8.73. The van der Waals surface area contributed by atoms with Crippen LogP contribution < -0.4 is 5.32 Å². The average Bonchev–Trinajstić information content (AvgIpc) is 3.09. The molecule has 2 saturated carbocycles. The molecule has 23 heavy (non-hydrogen) atoms. The second-order valence-corrected chi connectivity index (χ2v) is 7.46. The Morgan fingerprint density at radius 1 is 1.30 bits per heavy atom. The Morgan fingerprint density at radius 3 is 2.65 bits per heavy atom. The van der Waals surface area contributed by atoms with Gasteiger partial charge in [0.2, 0.25) is 0 Å². The number of nitrogens with zero attached hydrogens (tertiary/aromatic N) is 3. The highest BCUT2D eigenvalue weighted by Gasteiger charge is 2.44. The van der Waals surface area contributed by atoms with Gasteiger partial charge in [-0.2, -0.15) is 5.10 Å². The first kappa shape index (κ1) is 15.0. The van der Waals surface area contributed by atoms with Gasteiger partial charge in [0.25, 0.3) is 0 Å². The van der Waals surface area contributed by atoms with E-state index in [-0.39, 0.29) is 18.2 Å². The lowest BCUT2D eigenvalue weighted by Crippen LogP contribution is -2.39. The molecule has 3 aliphatic rings. The van der Waals surface area contributed by atoms with E-state index in [1.165, 1.54) is 5.56 Å². The summed E-state index contributed by atoms with van der Waals surface area (Å²) in [7, 11) is 1.79. The van der Waals surface area contributed by atoms with Crippen molar-refractivity contribution in [3.8, 4) is 0 Å². The Balaban J connectivity index is 1.45. The highest BCUT2D eigenvalue weighted by molar-refractivity contribution is 5.75. The lowest BCUT2D eigenvalue weighted by atomic mass is 9.77. The molecule has 1 aliphatic heterocycles. The molecule has 6 nitrogen and oxygen atoms in total. The Labute approximate surface area is 137 Å². The largest absolute Gasteiger partial charge is 0.379 e. The Hall–Kier alpha value is -1.56. The molecule has 1 saturated heterocycles. The van der Waals surface area contributed by atoms with Crippen molar-refractivity contribution in [2.45, 2.75) is 50.8 Å². The van der Waals surface area contributed by atoms with Gasteiger partial charge in [0.05, 0.1) is 18.3 Å². The van der Waals surface area contributed by atoms with Gasteiger partial charge in [0, 0.05) is 32.4 Å². The molecular formula is C17H26N4O2. The van der Waals surface area contributed by atoms with Crippen LogP contribution in [0.25, 0.3) is 0 Å². The smallest absolute Gasteiger partial charge is 0.317 e. The molecule has 1 N–H and O–H groups in total. The van der Waals surface area contributed by atoms with Crippen molar-refractivity contribution in [2.24, 2.45) is 11.8 Å². The predicted molar refractivity (Wildman–Crippen MR) is 86.1 cm³/mol. The Morgan fingerprint density at radius 2 is 2.04 bits per heavy atom. The van der Waals surface area contributed by atoms with Crippen LogP contribution in [0.5, 0.6) is 0 Å². The summed E-state index contributed by atoms with van der Waals surface area (Å²) in [6.45, 7) is 3.81. The number of aryl methyl sites for hydroxylation is 1. The Bertz CT molecular complexity index is 583. The zero-order valence-electron chi connectivity index (χ0n) is 13.9. The van der Waals surface area contributed by atoms with Crippen LogP contribution in [0.4, 0.5) is 4.79 Å². The molecular weight excluding hydrogens is 292 g/mol. The standard InChI is InChI=1S/C17H26N4O2/c1-11-7-18-21(8-11)15-5-12-9-20(17(22)19-14-3-4-14)10-13(12)6-16(15)23-2/h7-8,12-16H,3-6,9-10H2,1-2H3,(H,19,22)/t12-,13+,15-,16-/m0/s1. The summed E-state index contributed by atoms with van der Waals surface area (Å²) in [5.41, 5.74) is 1.18. The van der Waals surface area contributed by atoms with Gasteiger partial charge in [-0.15, -0.1) is 0 Å². The van der Waals surface area contributed by atoms with E-state index in [4.69, 9.17) is 4.74 Å². The Kier molecular flexibility index (Phi) is 3.79. The zero-order chi connectivity index (χ0) is 16.0. The van der Waals surface area contributed by atoms with E-state index in [1.54, 1.807) is 7.11 Å². The fourth-order valence-electron chi connectivity index (χ4n) is 4.20. The third-order valence-electron chi connectivity index (χ3n) is 5.65. The summed E-state index contributed by atoms with van der Waals surface area (Å²) in [6, 6.07) is 0.834. The molecule has 1 aromatic rings. The van der Waals surface area contributed by atoms with Gasteiger partial charge in [-0.1, -0.05) is 0 Å². The number of aromatic nitrogens is 2. The number of fused-ring (bicyclic) bond motifs is 1. The van der Waals surface area contributed by atoms with Gasteiger partial charge >= 0.3 is 6.03 Å². The van der Waals surface area contributed by atoms with E-state index in [0.29, 0.717) is 17.9 Å². The fraction of sp³-hybridized carbons (Fsp3) is 0.765. The van der Waals surface area contributed by atoms with Gasteiger partial charge in [0.15, 0.2) is 0 Å². The number of likely N-dealkylation sites (tertiary alicyclic amines) is 1. The summed E-state index contributed by atoms with van der Waals surface area (Å²) in [6.07, 6.45) is 8.52. The minimum absolute atomic E-state index is 0.127. The van der Waals surface area contributed by atoms with Crippen molar-refractivity contribution in [2.75, 3.05) is 20.2 Å². The van der Waals surface area contributed by atoms with E-state index >= 15 is 0 Å². The molecule has 1 aromatic heterocycles. The number of carbonyl (C=O) groups excluding carboxylic acids is 1. The minimum Gasteiger partial charge on any atom is -0.379 e. The lowest BCUT2D eigenvalue weighted by molar-refractivity contribution is -0.00487. The molecule has 0 aromatic carbocycles. The average molecular weight is 318 g/mol. The summed E-state index contributed by atoms with van der Waals surface area (Å²) < 4.78 is 7.83. The normalized spacial score (nSPS) is 33.6. The summed E-state index contributed by atoms with van der Waals surface area (Å²) in [5, 5.41) is 7.61. The highest BCUT2D eigenvalue weighted by Crippen LogP contribution is 2.42. The van der Waals surface area contributed by atoms with Crippen LogP contribution in [0.3, 0.4) is 0 Å². The van der Waals surface area contributed by atoms with Gasteiger partial charge in [-0.05, 0) is 50.0 Å². The number of rotatable bonds is 3. The molecule has 126 valence electrons. The first-order valence-corrected chi connectivity index (χ1v) is 8.73. The topological polar surface area (TPSA) is 59.4 Å². The van der Waals surface area contributed by atoms with Gasteiger partial charge < -0.3 is 15.0 Å². The van der Waals surface area contributed by atoms with E-state index in [0.717, 1.165) is 38.8 Å². The molecule has 0 spiro atoms. The van der Waals surface area contributed by atoms with Crippen molar-refractivity contribution >= 4 is 6.03 Å². The quantitative estimate of drug-likeness (QED) is 0.927. The number of hydrogen-bond acceptors (Lipinski definition) is 3. The van der Waals surface area contributed by atoms with Crippen LogP contribution in [-0.2, 0) is 4.74 Å². The lowest BCUT2D eigenvalue weighted by Gasteiger charge is -2.37. The summed E-state index contributed by atoms with van der Waals surface area (Å²) >= 11 is 0. The van der Waals surface area contributed by atoms with Gasteiger partial charge in [0.1, 0.15) is 0 Å². The van der Waals surface area contributed by atoms with Crippen LogP contribution in [-0.4, -0.2) is 53.1 Å². The molecule has 0 unspecified atom stereocenters. The van der Waals surface area contributed by atoms with Crippen LogP contribution >= 0.6 is 0 Å². The van der Waals surface area contributed by atoms with E-state index in [9.17, 15) is 4.79 Å². The molecule has 3 fully saturated rings. The summed E-state index contributed by atoms with van der Waals surface area (Å²) in [5.74, 6) is 1.11. The number of nitrogens with one attached hydrogen (secondary N) is 1. The van der Waals surface area contributed by atoms with Crippen LogP contribution in [0.1, 0.15) is 37.3 Å². The van der Waals surface area contributed by atoms with Crippen molar-refractivity contribution in [1.82, 2.24) is 20.0 Å². The van der Waals surface area contributed by atoms with Gasteiger partial charge in [-0.25, -0.2) is 4.79 Å². The number of methoxy groups -OCH3 is 1. The second-order valence-electron chi connectivity index (χ2n) is 7.46. The van der Waals surface area contributed by atoms with Crippen LogP contribution in [0, 0.1) is 18.8 Å². The fourth-order valence-corrected chi connectivity index (χ4v) is 4.20.